The third-order valence-electron chi connectivity index (χ3n) is 2.09. The third kappa shape index (κ3) is 2.90. The maximum atomic E-state index is 9.70. The number of ether oxygens (including phenoxy) is 1. The molecule has 0 fully saturated rings. The van der Waals surface area contributed by atoms with E-state index in [9.17, 15) is 5.11 Å². The van der Waals surface area contributed by atoms with E-state index in [-0.39, 0.29) is 23.0 Å². The van der Waals surface area contributed by atoms with Gasteiger partial charge in [-0.2, -0.15) is 10.5 Å². The lowest BCUT2D eigenvalue weighted by molar-refractivity contribution is 0.371. The third-order valence-corrected chi connectivity index (χ3v) is 2.38. The van der Waals surface area contributed by atoms with Crippen LogP contribution in [0.25, 0.3) is 6.08 Å². The van der Waals surface area contributed by atoms with Crippen molar-refractivity contribution in [2.45, 2.75) is 5.88 Å². The van der Waals surface area contributed by atoms with E-state index in [4.69, 9.17) is 26.9 Å². The van der Waals surface area contributed by atoms with Crippen LogP contribution in [0, 0.1) is 22.7 Å². The van der Waals surface area contributed by atoms with Gasteiger partial charge in [0.05, 0.1) is 13.0 Å². The Bertz CT molecular complexity index is 497. The zero-order valence-corrected chi connectivity index (χ0v) is 9.82. The Morgan fingerprint density at radius 2 is 2.12 bits per heavy atom. The summed E-state index contributed by atoms with van der Waals surface area (Å²) in [5.41, 5.74) is 1.03. The molecule has 0 saturated carbocycles. The summed E-state index contributed by atoms with van der Waals surface area (Å²) in [6.45, 7) is 0. The fraction of sp³-hybridized carbons (Fsp3) is 0.167. The molecule has 0 saturated heterocycles. The number of nitriles is 2. The molecule has 0 aliphatic rings. The van der Waals surface area contributed by atoms with Gasteiger partial charge in [-0.1, -0.05) is 0 Å². The Hall–Kier alpha value is -2.17. The highest BCUT2D eigenvalue weighted by molar-refractivity contribution is 6.17. The molecular weight excluding hydrogens is 240 g/mol. The molecule has 17 heavy (non-hydrogen) atoms. The van der Waals surface area contributed by atoms with E-state index < -0.39 is 0 Å². The van der Waals surface area contributed by atoms with Crippen molar-refractivity contribution in [2.24, 2.45) is 0 Å². The van der Waals surface area contributed by atoms with Gasteiger partial charge < -0.3 is 9.84 Å². The van der Waals surface area contributed by atoms with Gasteiger partial charge in [0.15, 0.2) is 11.5 Å². The van der Waals surface area contributed by atoms with Crippen molar-refractivity contribution < 1.29 is 9.84 Å². The highest BCUT2D eigenvalue weighted by Crippen LogP contribution is 2.33. The first-order valence-electron chi connectivity index (χ1n) is 4.64. The Morgan fingerprint density at radius 3 is 2.59 bits per heavy atom. The molecule has 0 spiro atoms. The number of allylic oxidation sites excluding steroid dienone is 1. The van der Waals surface area contributed by atoms with Crippen molar-refractivity contribution >= 4 is 17.7 Å². The Kier molecular flexibility index (Phi) is 4.39. The number of aromatic hydroxyl groups is 1. The van der Waals surface area contributed by atoms with E-state index in [0.717, 1.165) is 0 Å². The van der Waals surface area contributed by atoms with Crippen molar-refractivity contribution in [3.05, 3.63) is 28.8 Å². The van der Waals surface area contributed by atoms with Gasteiger partial charge >= 0.3 is 0 Å². The van der Waals surface area contributed by atoms with Gasteiger partial charge in [0, 0.05) is 5.56 Å². The summed E-state index contributed by atoms with van der Waals surface area (Å²) >= 11 is 5.67. The predicted octanol–water partition coefficient (Wildman–Crippen LogP) is 2.57. The number of hydrogen-bond acceptors (Lipinski definition) is 4. The van der Waals surface area contributed by atoms with Gasteiger partial charge in [-0.05, 0) is 23.8 Å². The minimum Gasteiger partial charge on any atom is -0.504 e. The largest absolute Gasteiger partial charge is 0.504 e. The molecule has 0 radical (unpaired) electrons. The molecule has 1 aromatic rings. The quantitative estimate of drug-likeness (QED) is 0.659. The van der Waals surface area contributed by atoms with E-state index in [1.165, 1.54) is 19.3 Å². The van der Waals surface area contributed by atoms with E-state index >= 15 is 0 Å². The van der Waals surface area contributed by atoms with Crippen LogP contribution in [0.2, 0.25) is 0 Å². The Labute approximate surface area is 104 Å². The summed E-state index contributed by atoms with van der Waals surface area (Å²) in [5.74, 6) is 0.331. The SMILES string of the molecule is COc1cc(C=C(C#N)C#N)cc(CCl)c1O. The average Bonchev–Trinajstić information content (AvgIpc) is 2.37. The van der Waals surface area contributed by atoms with E-state index in [2.05, 4.69) is 0 Å². The number of phenolic OH excluding ortho intramolecular Hbond substituents is 1. The van der Waals surface area contributed by atoms with Gasteiger partial charge in [0.2, 0.25) is 0 Å². The van der Waals surface area contributed by atoms with Crippen molar-refractivity contribution in [2.75, 3.05) is 7.11 Å². The zero-order valence-electron chi connectivity index (χ0n) is 9.07. The molecule has 5 heteroatoms. The van der Waals surface area contributed by atoms with Gasteiger partial charge in [-0.3, -0.25) is 0 Å². The molecule has 0 unspecified atom stereocenters. The van der Waals surface area contributed by atoms with Crippen LogP contribution in [-0.4, -0.2) is 12.2 Å². The van der Waals surface area contributed by atoms with Gasteiger partial charge in [-0.15, -0.1) is 11.6 Å². The summed E-state index contributed by atoms with van der Waals surface area (Å²) in [6.07, 6.45) is 1.40. The molecule has 0 aliphatic carbocycles. The van der Waals surface area contributed by atoms with Gasteiger partial charge in [0.25, 0.3) is 0 Å². The number of phenols is 1. The molecule has 0 aliphatic heterocycles. The van der Waals surface area contributed by atoms with Crippen LogP contribution in [0.4, 0.5) is 0 Å². The van der Waals surface area contributed by atoms with Crippen LogP contribution in [0.3, 0.4) is 0 Å². The van der Waals surface area contributed by atoms with Crippen LogP contribution >= 0.6 is 11.6 Å². The van der Waals surface area contributed by atoms with E-state index in [1.807, 2.05) is 0 Å². The number of nitrogens with zero attached hydrogens (tertiary/aromatic N) is 2. The van der Waals surface area contributed by atoms with Gasteiger partial charge in [-0.25, -0.2) is 0 Å². The number of halogens is 1. The predicted molar refractivity (Wildman–Crippen MR) is 63.4 cm³/mol. The van der Waals surface area contributed by atoms with Crippen molar-refractivity contribution in [3.8, 4) is 23.6 Å². The number of hydrogen-bond donors (Lipinski definition) is 1. The lowest BCUT2D eigenvalue weighted by atomic mass is 10.1. The fourth-order valence-corrected chi connectivity index (χ4v) is 1.49. The van der Waals surface area contributed by atoms with Gasteiger partial charge in [0.1, 0.15) is 17.7 Å². The van der Waals surface area contributed by atoms with Crippen LogP contribution in [0.1, 0.15) is 11.1 Å². The van der Waals surface area contributed by atoms with E-state index in [0.29, 0.717) is 11.1 Å². The number of benzene rings is 1. The lowest BCUT2D eigenvalue weighted by Gasteiger charge is -2.08. The normalized spacial score (nSPS) is 8.94. The lowest BCUT2D eigenvalue weighted by Crippen LogP contribution is -1.90. The summed E-state index contributed by atoms with van der Waals surface area (Å²) in [7, 11) is 1.41. The van der Waals surface area contributed by atoms with E-state index in [1.54, 1.807) is 18.2 Å². The van der Waals surface area contributed by atoms with Crippen molar-refractivity contribution in [3.63, 3.8) is 0 Å². The first-order valence-corrected chi connectivity index (χ1v) is 5.17. The highest BCUT2D eigenvalue weighted by atomic mass is 35.5. The summed E-state index contributed by atoms with van der Waals surface area (Å²) in [5, 5.41) is 27.0. The average molecular weight is 249 g/mol. The molecule has 1 rings (SSSR count). The summed E-state index contributed by atoms with van der Waals surface area (Å²) in [6, 6.07) is 6.63. The number of rotatable bonds is 3. The van der Waals surface area contributed by atoms with Crippen molar-refractivity contribution in [1.29, 1.82) is 10.5 Å². The van der Waals surface area contributed by atoms with Crippen LogP contribution in [0.15, 0.2) is 17.7 Å². The van der Waals surface area contributed by atoms with Crippen LogP contribution in [0.5, 0.6) is 11.5 Å². The minimum absolute atomic E-state index is 0.0294. The molecule has 0 amide bonds. The Morgan fingerprint density at radius 1 is 1.47 bits per heavy atom. The first kappa shape index (κ1) is 12.9. The van der Waals surface area contributed by atoms with Crippen LogP contribution in [-0.2, 0) is 5.88 Å². The standard InChI is InChI=1S/C12H9ClN2O2/c1-17-11-4-8(2-9(6-14)7-15)3-10(5-13)12(11)16/h2-4,16H,5H2,1H3. The second-order valence-electron chi connectivity index (χ2n) is 3.15. The number of methoxy groups -OCH3 is 1. The minimum atomic E-state index is -0.0323. The molecule has 1 N–H and O–H groups in total. The molecular formula is C12H9ClN2O2. The maximum absolute atomic E-state index is 9.70. The highest BCUT2D eigenvalue weighted by Gasteiger charge is 2.09. The Balaban J connectivity index is 3.34. The van der Waals surface area contributed by atoms with Crippen molar-refractivity contribution in [1.82, 2.24) is 0 Å². The molecule has 0 bridgehead atoms. The molecule has 0 atom stereocenters. The maximum Gasteiger partial charge on any atom is 0.162 e. The smallest absolute Gasteiger partial charge is 0.162 e. The summed E-state index contributed by atoms with van der Waals surface area (Å²) < 4.78 is 4.97. The topological polar surface area (TPSA) is 77.0 Å². The molecule has 0 heterocycles. The molecule has 86 valence electrons. The summed E-state index contributed by atoms with van der Waals surface area (Å²) in [4.78, 5) is 0. The second-order valence-corrected chi connectivity index (χ2v) is 3.41. The zero-order chi connectivity index (χ0) is 12.8. The molecule has 0 aromatic heterocycles. The monoisotopic (exact) mass is 248 g/mol. The van der Waals surface area contributed by atoms with Crippen LogP contribution < -0.4 is 4.74 Å². The number of alkyl halides is 1. The molecule has 1 aromatic carbocycles. The first-order chi connectivity index (χ1) is 8.15. The fourth-order valence-electron chi connectivity index (χ4n) is 1.29. The second kappa shape index (κ2) is 5.79. The molecule has 4 nitrogen and oxygen atoms in total.